The lowest BCUT2D eigenvalue weighted by atomic mass is 10.2. The van der Waals surface area contributed by atoms with Crippen molar-refractivity contribution in [3.63, 3.8) is 0 Å². The Bertz CT molecular complexity index is 926. The van der Waals surface area contributed by atoms with E-state index in [4.69, 9.17) is 9.15 Å². The van der Waals surface area contributed by atoms with Crippen molar-refractivity contribution in [3.8, 4) is 5.75 Å². The number of aryl methyl sites for hydroxylation is 1. The van der Waals surface area contributed by atoms with E-state index < -0.39 is 17.5 Å². The average molecular weight is 379 g/mol. The molecule has 3 aromatic rings. The van der Waals surface area contributed by atoms with Crippen molar-refractivity contribution in [1.29, 1.82) is 0 Å². The van der Waals surface area contributed by atoms with Crippen molar-refractivity contribution in [2.75, 3.05) is 0 Å². The van der Waals surface area contributed by atoms with E-state index in [1.165, 1.54) is 29.7 Å². The maximum atomic E-state index is 13.5. The van der Waals surface area contributed by atoms with Crippen LogP contribution in [0.3, 0.4) is 0 Å². The lowest BCUT2D eigenvalue weighted by Gasteiger charge is -2.09. The summed E-state index contributed by atoms with van der Waals surface area (Å²) in [5.74, 6) is -2.74. The molecule has 0 saturated heterocycles. The first-order valence-corrected chi connectivity index (χ1v) is 8.56. The van der Waals surface area contributed by atoms with E-state index >= 15 is 0 Å². The molecule has 0 aliphatic heterocycles. The Hall–Kier alpha value is -2.81. The van der Waals surface area contributed by atoms with Crippen LogP contribution in [0.25, 0.3) is 0 Å². The summed E-state index contributed by atoms with van der Waals surface area (Å²) in [6, 6.07) is 3.31. The Balaban J connectivity index is 1.60. The van der Waals surface area contributed by atoms with Gasteiger partial charge in [-0.1, -0.05) is 6.07 Å². The smallest absolute Gasteiger partial charge is 0.273 e. The second-order valence-corrected chi connectivity index (χ2v) is 6.52. The van der Waals surface area contributed by atoms with Gasteiger partial charge in [0.15, 0.2) is 23.9 Å². The van der Waals surface area contributed by atoms with E-state index in [1.54, 1.807) is 0 Å². The Morgan fingerprint density at radius 2 is 2.19 bits per heavy atom. The Labute approximate surface area is 151 Å². The molecule has 1 aromatic carbocycles. The van der Waals surface area contributed by atoms with Gasteiger partial charge in [-0.05, 0) is 26.0 Å². The molecular weight excluding hydrogens is 364 g/mol. The minimum absolute atomic E-state index is 0.0575. The molecule has 1 unspecified atom stereocenters. The summed E-state index contributed by atoms with van der Waals surface area (Å²) in [6.45, 7) is 3.45. The number of carbonyl (C=O) groups is 1. The Morgan fingerprint density at radius 1 is 1.38 bits per heavy atom. The number of hydrogen-bond donors (Lipinski definition) is 1. The molecule has 0 fully saturated rings. The van der Waals surface area contributed by atoms with Crippen LogP contribution < -0.4 is 10.1 Å². The molecule has 0 aliphatic rings. The van der Waals surface area contributed by atoms with Crippen LogP contribution in [0.1, 0.15) is 40.0 Å². The van der Waals surface area contributed by atoms with Crippen molar-refractivity contribution in [1.82, 2.24) is 15.3 Å². The fourth-order valence-electron chi connectivity index (χ4n) is 2.14. The molecule has 2 aromatic heterocycles. The molecule has 0 radical (unpaired) electrons. The number of nitrogens with zero attached hydrogens (tertiary/aromatic N) is 2. The van der Waals surface area contributed by atoms with E-state index in [1.807, 2.05) is 19.2 Å². The number of halogens is 2. The predicted molar refractivity (Wildman–Crippen MR) is 89.9 cm³/mol. The number of hydrogen-bond acceptors (Lipinski definition) is 6. The summed E-state index contributed by atoms with van der Waals surface area (Å²) >= 11 is 1.50. The van der Waals surface area contributed by atoms with Gasteiger partial charge in [-0.3, -0.25) is 4.79 Å². The van der Waals surface area contributed by atoms with Crippen LogP contribution >= 0.6 is 11.3 Å². The maximum Gasteiger partial charge on any atom is 0.273 e. The van der Waals surface area contributed by atoms with Crippen LogP contribution in [0.2, 0.25) is 0 Å². The van der Waals surface area contributed by atoms with E-state index in [0.717, 1.165) is 16.8 Å². The summed E-state index contributed by atoms with van der Waals surface area (Å²) < 4.78 is 36.9. The number of nitrogens with one attached hydrogen (secondary N) is 1. The number of amides is 1. The third-order valence-electron chi connectivity index (χ3n) is 3.48. The molecule has 1 atom stereocenters. The molecule has 3 rings (SSSR count). The molecule has 6 nitrogen and oxygen atoms in total. The van der Waals surface area contributed by atoms with Crippen LogP contribution in [-0.4, -0.2) is 15.9 Å². The number of rotatable bonds is 6. The van der Waals surface area contributed by atoms with Gasteiger partial charge in [0.25, 0.3) is 5.91 Å². The zero-order valence-corrected chi connectivity index (χ0v) is 14.8. The number of thiazole rings is 1. The summed E-state index contributed by atoms with van der Waals surface area (Å²) in [7, 11) is 0. The highest BCUT2D eigenvalue weighted by molar-refractivity contribution is 7.09. The van der Waals surface area contributed by atoms with E-state index in [9.17, 15) is 13.6 Å². The van der Waals surface area contributed by atoms with E-state index in [0.29, 0.717) is 0 Å². The molecule has 0 saturated carbocycles. The normalized spacial score (nSPS) is 12.0. The van der Waals surface area contributed by atoms with Crippen LogP contribution in [-0.2, 0) is 6.61 Å². The third kappa shape index (κ3) is 4.05. The summed E-state index contributed by atoms with van der Waals surface area (Å²) in [6.07, 6.45) is 1.18. The fourth-order valence-corrected chi connectivity index (χ4v) is 2.85. The lowest BCUT2D eigenvalue weighted by Crippen LogP contribution is -2.27. The van der Waals surface area contributed by atoms with Crippen molar-refractivity contribution in [2.24, 2.45) is 0 Å². The number of aromatic nitrogens is 2. The third-order valence-corrected chi connectivity index (χ3v) is 4.27. The van der Waals surface area contributed by atoms with Gasteiger partial charge in [-0.25, -0.2) is 14.4 Å². The van der Waals surface area contributed by atoms with Crippen LogP contribution in [0.15, 0.2) is 34.3 Å². The van der Waals surface area contributed by atoms with Crippen molar-refractivity contribution >= 4 is 17.2 Å². The topological polar surface area (TPSA) is 77.2 Å². The lowest BCUT2D eigenvalue weighted by molar-refractivity contribution is 0.0934. The Kier molecular flexibility index (Phi) is 5.27. The van der Waals surface area contributed by atoms with Gasteiger partial charge in [-0.2, -0.15) is 4.39 Å². The number of carbonyl (C=O) groups excluding carboxylic acids is 1. The number of oxazole rings is 1. The second-order valence-electron chi connectivity index (χ2n) is 5.45. The van der Waals surface area contributed by atoms with Gasteiger partial charge >= 0.3 is 0 Å². The van der Waals surface area contributed by atoms with Gasteiger partial charge in [-0.15, -0.1) is 11.3 Å². The molecule has 9 heteroatoms. The minimum atomic E-state index is -1.09. The van der Waals surface area contributed by atoms with Gasteiger partial charge < -0.3 is 14.5 Å². The SMILES string of the molecule is Cc1nc(C(C)NC(=O)c2coc(COc3cccc(F)c3F)n2)cs1. The molecule has 2 heterocycles. The van der Waals surface area contributed by atoms with Crippen molar-refractivity contribution in [2.45, 2.75) is 26.5 Å². The van der Waals surface area contributed by atoms with Crippen molar-refractivity contribution in [3.05, 3.63) is 63.8 Å². The van der Waals surface area contributed by atoms with Gasteiger partial charge in [0.05, 0.1) is 16.7 Å². The highest BCUT2D eigenvalue weighted by Gasteiger charge is 2.18. The Morgan fingerprint density at radius 3 is 2.92 bits per heavy atom. The quantitative estimate of drug-likeness (QED) is 0.705. The molecule has 1 amide bonds. The van der Waals surface area contributed by atoms with E-state index in [2.05, 4.69) is 15.3 Å². The first-order chi connectivity index (χ1) is 12.4. The number of benzene rings is 1. The summed E-state index contributed by atoms with van der Waals surface area (Å²) in [5, 5.41) is 5.54. The zero-order chi connectivity index (χ0) is 18.7. The predicted octanol–water partition coefficient (Wildman–Crippen LogP) is 3.79. The van der Waals surface area contributed by atoms with E-state index in [-0.39, 0.29) is 30.0 Å². The standard InChI is InChI=1S/C17H15F2N3O3S/c1-9(13-8-26-10(2)21-13)20-17(23)12-6-25-15(22-12)7-24-14-5-3-4-11(18)16(14)19/h3-6,8-9H,7H2,1-2H3,(H,20,23). The first kappa shape index (κ1) is 18.0. The summed E-state index contributed by atoms with van der Waals surface area (Å²) in [5.41, 5.74) is 0.816. The highest BCUT2D eigenvalue weighted by Crippen LogP contribution is 2.20. The molecular formula is C17H15F2N3O3S. The molecule has 26 heavy (non-hydrogen) atoms. The summed E-state index contributed by atoms with van der Waals surface area (Å²) in [4.78, 5) is 20.5. The maximum absolute atomic E-state index is 13.5. The van der Waals surface area contributed by atoms with Gasteiger partial charge in [0.1, 0.15) is 6.26 Å². The molecule has 1 N–H and O–H groups in total. The molecule has 136 valence electrons. The molecule has 0 spiro atoms. The average Bonchev–Trinajstić information content (AvgIpc) is 3.25. The van der Waals surface area contributed by atoms with Gasteiger partial charge in [0, 0.05) is 5.38 Å². The minimum Gasteiger partial charge on any atom is -0.481 e. The van der Waals surface area contributed by atoms with Crippen LogP contribution in [0.5, 0.6) is 5.75 Å². The monoisotopic (exact) mass is 379 g/mol. The fraction of sp³-hybridized carbons (Fsp3) is 0.235. The largest absolute Gasteiger partial charge is 0.481 e. The highest BCUT2D eigenvalue weighted by atomic mass is 32.1. The zero-order valence-electron chi connectivity index (χ0n) is 14.0. The van der Waals surface area contributed by atoms with Gasteiger partial charge in [0.2, 0.25) is 11.7 Å². The van der Waals surface area contributed by atoms with Crippen molar-refractivity contribution < 1.29 is 22.7 Å². The second kappa shape index (κ2) is 7.61. The molecule has 0 aliphatic carbocycles. The molecule has 0 bridgehead atoms. The van der Waals surface area contributed by atoms with Crippen LogP contribution in [0.4, 0.5) is 8.78 Å². The number of ether oxygens (including phenoxy) is 1. The first-order valence-electron chi connectivity index (χ1n) is 7.68. The van der Waals surface area contributed by atoms with Crippen LogP contribution in [0, 0.1) is 18.6 Å².